The van der Waals surface area contributed by atoms with Crippen LogP contribution in [0.5, 0.6) is 5.75 Å². The maximum Gasteiger partial charge on any atom is 0.260 e. The molecule has 1 saturated heterocycles. The zero-order valence-corrected chi connectivity index (χ0v) is 15.6. The molecule has 1 heterocycles. The highest BCUT2D eigenvalue weighted by Crippen LogP contribution is 2.22. The minimum absolute atomic E-state index is 0.00920. The van der Waals surface area contributed by atoms with Crippen LogP contribution in [0.4, 0.5) is 10.1 Å². The Balaban J connectivity index is 1.53. The van der Waals surface area contributed by atoms with E-state index in [0.717, 1.165) is 5.56 Å². The average molecular weight is 370 g/mol. The van der Waals surface area contributed by atoms with Crippen molar-refractivity contribution >= 4 is 17.4 Å². The van der Waals surface area contributed by atoms with Crippen LogP contribution in [-0.2, 0) is 4.79 Å². The summed E-state index contributed by atoms with van der Waals surface area (Å²) in [6, 6.07) is 12.1. The predicted molar refractivity (Wildman–Crippen MR) is 102 cm³/mol. The van der Waals surface area contributed by atoms with Crippen LogP contribution in [0.2, 0.25) is 0 Å². The maximum absolute atomic E-state index is 14.3. The Bertz CT molecular complexity index is 828. The molecule has 1 aliphatic heterocycles. The lowest BCUT2D eigenvalue weighted by Gasteiger charge is -2.36. The molecule has 0 atom stereocenters. The van der Waals surface area contributed by atoms with Crippen LogP contribution in [0, 0.1) is 12.7 Å². The number of hydrogen-bond donors (Lipinski definition) is 0. The van der Waals surface area contributed by atoms with Crippen molar-refractivity contribution in [1.82, 2.24) is 4.90 Å². The Kier molecular flexibility index (Phi) is 5.74. The lowest BCUT2D eigenvalue weighted by molar-refractivity contribution is -0.133. The third-order valence-corrected chi connectivity index (χ3v) is 4.71. The van der Waals surface area contributed by atoms with Crippen LogP contribution in [0.25, 0.3) is 0 Å². The number of rotatable bonds is 5. The summed E-state index contributed by atoms with van der Waals surface area (Å²) in [5, 5.41) is 0. The molecule has 2 aromatic carbocycles. The number of halogens is 1. The number of hydrogen-bond acceptors (Lipinski definition) is 4. The maximum atomic E-state index is 14.3. The highest BCUT2D eigenvalue weighted by Gasteiger charge is 2.23. The van der Waals surface area contributed by atoms with Crippen LogP contribution < -0.4 is 9.64 Å². The molecule has 0 saturated carbocycles. The van der Waals surface area contributed by atoms with Gasteiger partial charge >= 0.3 is 0 Å². The monoisotopic (exact) mass is 370 g/mol. The summed E-state index contributed by atoms with van der Waals surface area (Å²) in [4.78, 5) is 27.3. The Morgan fingerprint density at radius 3 is 2.30 bits per heavy atom. The summed E-state index contributed by atoms with van der Waals surface area (Å²) in [5.74, 6) is 0.0115. The number of aryl methyl sites for hydroxylation is 1. The number of anilines is 1. The first-order chi connectivity index (χ1) is 12.9. The summed E-state index contributed by atoms with van der Waals surface area (Å²) in [7, 11) is 0. The van der Waals surface area contributed by atoms with E-state index < -0.39 is 5.82 Å². The molecular weight excluding hydrogens is 347 g/mol. The lowest BCUT2D eigenvalue weighted by Crippen LogP contribution is -2.50. The van der Waals surface area contributed by atoms with E-state index >= 15 is 0 Å². The Morgan fingerprint density at radius 1 is 1.04 bits per heavy atom. The zero-order chi connectivity index (χ0) is 19.4. The number of ether oxygens (including phenoxy) is 1. The van der Waals surface area contributed by atoms with Gasteiger partial charge in [-0.25, -0.2) is 4.39 Å². The van der Waals surface area contributed by atoms with E-state index in [9.17, 15) is 14.0 Å². The molecule has 1 aliphatic rings. The van der Waals surface area contributed by atoms with Crippen molar-refractivity contribution in [2.24, 2.45) is 0 Å². The van der Waals surface area contributed by atoms with E-state index in [0.29, 0.717) is 43.2 Å². The summed E-state index contributed by atoms with van der Waals surface area (Å²) >= 11 is 0. The quantitative estimate of drug-likeness (QED) is 0.759. The van der Waals surface area contributed by atoms with E-state index in [-0.39, 0.29) is 18.3 Å². The van der Waals surface area contributed by atoms with Gasteiger partial charge in [-0.05, 0) is 44.2 Å². The molecule has 0 spiro atoms. The van der Waals surface area contributed by atoms with Gasteiger partial charge in [0.1, 0.15) is 11.6 Å². The molecule has 0 aliphatic carbocycles. The van der Waals surface area contributed by atoms with E-state index in [4.69, 9.17) is 4.74 Å². The summed E-state index contributed by atoms with van der Waals surface area (Å²) < 4.78 is 19.8. The van der Waals surface area contributed by atoms with Crippen LogP contribution in [0.3, 0.4) is 0 Å². The molecule has 0 unspecified atom stereocenters. The molecular formula is C21H23FN2O3. The molecule has 6 heteroatoms. The van der Waals surface area contributed by atoms with E-state index in [1.807, 2.05) is 36.1 Å². The zero-order valence-electron chi connectivity index (χ0n) is 15.6. The van der Waals surface area contributed by atoms with Gasteiger partial charge in [-0.15, -0.1) is 0 Å². The highest BCUT2D eigenvalue weighted by atomic mass is 19.1. The molecule has 0 N–H and O–H groups in total. The Morgan fingerprint density at radius 2 is 1.70 bits per heavy atom. The second-order valence-corrected chi connectivity index (χ2v) is 6.69. The van der Waals surface area contributed by atoms with Gasteiger partial charge in [-0.2, -0.15) is 0 Å². The second kappa shape index (κ2) is 8.20. The molecule has 27 heavy (non-hydrogen) atoms. The summed E-state index contributed by atoms with van der Waals surface area (Å²) in [5.41, 5.74) is 1.95. The fourth-order valence-electron chi connectivity index (χ4n) is 3.05. The minimum atomic E-state index is -0.412. The van der Waals surface area contributed by atoms with Crippen molar-refractivity contribution in [3.63, 3.8) is 0 Å². The van der Waals surface area contributed by atoms with Crippen molar-refractivity contribution in [2.45, 2.75) is 13.8 Å². The predicted octanol–water partition coefficient (Wildman–Crippen LogP) is 3.06. The second-order valence-electron chi connectivity index (χ2n) is 6.69. The molecule has 0 bridgehead atoms. The van der Waals surface area contributed by atoms with Gasteiger partial charge in [-0.3, -0.25) is 9.59 Å². The highest BCUT2D eigenvalue weighted by molar-refractivity contribution is 5.94. The normalized spacial score (nSPS) is 14.2. The van der Waals surface area contributed by atoms with Crippen molar-refractivity contribution in [3.05, 3.63) is 59.4 Å². The smallest absolute Gasteiger partial charge is 0.260 e. The molecule has 0 aromatic heterocycles. The van der Waals surface area contributed by atoms with Gasteiger partial charge in [0.05, 0.1) is 5.69 Å². The third kappa shape index (κ3) is 4.64. The van der Waals surface area contributed by atoms with Crippen molar-refractivity contribution in [3.8, 4) is 5.75 Å². The topological polar surface area (TPSA) is 49.9 Å². The summed E-state index contributed by atoms with van der Waals surface area (Å²) in [6.07, 6.45) is 0. The van der Waals surface area contributed by atoms with Gasteiger partial charge in [-0.1, -0.05) is 17.7 Å². The molecule has 1 fully saturated rings. The van der Waals surface area contributed by atoms with Gasteiger partial charge < -0.3 is 14.5 Å². The third-order valence-electron chi connectivity index (χ3n) is 4.71. The molecule has 2 aromatic rings. The number of amides is 1. The standard InChI is InChI=1S/C21H23FN2O3/c1-15-3-6-18(7-4-15)27-14-21(26)24-11-9-23(10-12-24)20-8-5-17(16(2)25)13-19(20)22/h3-8,13H,9-12,14H2,1-2H3. The minimum Gasteiger partial charge on any atom is -0.484 e. The van der Waals surface area contributed by atoms with Crippen LogP contribution in [0.15, 0.2) is 42.5 Å². The van der Waals surface area contributed by atoms with Crippen LogP contribution in [-0.4, -0.2) is 49.4 Å². The number of piperazine rings is 1. The number of Topliss-reactive ketones (excluding diaryl/α,β-unsaturated/α-hetero) is 1. The number of carbonyl (C=O) groups is 2. The van der Waals surface area contributed by atoms with Crippen molar-refractivity contribution < 1.29 is 18.7 Å². The average Bonchev–Trinajstić information content (AvgIpc) is 2.67. The number of benzene rings is 2. The SMILES string of the molecule is CC(=O)c1ccc(N2CCN(C(=O)COc3ccc(C)cc3)CC2)c(F)c1. The van der Waals surface area contributed by atoms with E-state index in [2.05, 4.69) is 0 Å². The van der Waals surface area contributed by atoms with Crippen molar-refractivity contribution in [2.75, 3.05) is 37.7 Å². The molecule has 142 valence electrons. The Labute approximate surface area is 158 Å². The van der Waals surface area contributed by atoms with E-state index in [1.54, 1.807) is 17.0 Å². The largest absolute Gasteiger partial charge is 0.484 e. The van der Waals surface area contributed by atoms with Gasteiger partial charge in [0.25, 0.3) is 5.91 Å². The lowest BCUT2D eigenvalue weighted by atomic mass is 10.1. The first-order valence-corrected chi connectivity index (χ1v) is 8.97. The number of carbonyl (C=O) groups excluding carboxylic acids is 2. The number of nitrogens with zero attached hydrogens (tertiary/aromatic N) is 2. The van der Waals surface area contributed by atoms with Gasteiger partial charge in [0, 0.05) is 31.7 Å². The molecule has 1 amide bonds. The van der Waals surface area contributed by atoms with Crippen LogP contribution >= 0.6 is 0 Å². The number of ketones is 1. The fourth-order valence-corrected chi connectivity index (χ4v) is 3.05. The molecule has 5 nitrogen and oxygen atoms in total. The molecule has 3 rings (SSSR count). The Hall–Kier alpha value is -2.89. The van der Waals surface area contributed by atoms with Gasteiger partial charge in [0.15, 0.2) is 12.4 Å². The fraction of sp³-hybridized carbons (Fsp3) is 0.333. The van der Waals surface area contributed by atoms with Crippen LogP contribution in [0.1, 0.15) is 22.8 Å². The first-order valence-electron chi connectivity index (χ1n) is 8.97. The first kappa shape index (κ1) is 18.9. The summed E-state index contributed by atoms with van der Waals surface area (Å²) in [6.45, 7) is 5.47. The van der Waals surface area contributed by atoms with E-state index in [1.165, 1.54) is 13.0 Å². The molecule has 0 radical (unpaired) electrons. The van der Waals surface area contributed by atoms with Crippen molar-refractivity contribution in [1.29, 1.82) is 0 Å². The van der Waals surface area contributed by atoms with Gasteiger partial charge in [0.2, 0.25) is 0 Å².